The molecule has 4 amide bonds. The van der Waals surface area contributed by atoms with Crippen LogP contribution >= 0.6 is 0 Å². The van der Waals surface area contributed by atoms with E-state index in [-0.39, 0.29) is 25.4 Å². The summed E-state index contributed by atoms with van der Waals surface area (Å²) in [4.78, 5) is 48.8. The lowest BCUT2D eigenvalue weighted by molar-refractivity contribution is -0.152. The second-order valence-electron chi connectivity index (χ2n) is 6.08. The third kappa shape index (κ3) is 5.67. The fourth-order valence-corrected chi connectivity index (χ4v) is 2.65. The van der Waals surface area contributed by atoms with Crippen molar-refractivity contribution in [2.45, 2.75) is 19.8 Å². The van der Waals surface area contributed by atoms with Crippen molar-refractivity contribution in [3.05, 3.63) is 42.5 Å². The molecule has 1 aliphatic rings. The van der Waals surface area contributed by atoms with Crippen LogP contribution in [0.15, 0.2) is 36.9 Å². The van der Waals surface area contributed by atoms with Crippen LogP contribution in [0.3, 0.4) is 0 Å². The minimum absolute atomic E-state index is 0.0236. The van der Waals surface area contributed by atoms with Gasteiger partial charge in [-0.1, -0.05) is 25.1 Å². The monoisotopic (exact) mass is 373 g/mol. The number of urea groups is 1. The molecule has 8 heteroatoms. The first-order valence-electron chi connectivity index (χ1n) is 8.69. The Kier molecular flexibility index (Phi) is 7.10. The largest absolute Gasteiger partial charge is 0.455 e. The molecule has 1 aliphatic heterocycles. The van der Waals surface area contributed by atoms with Gasteiger partial charge in [0, 0.05) is 25.2 Å². The summed E-state index contributed by atoms with van der Waals surface area (Å²) < 4.78 is 4.93. The number of nitrogens with zero attached hydrogens (tertiary/aromatic N) is 1. The lowest BCUT2D eigenvalue weighted by Crippen LogP contribution is -2.41. The third-order valence-electron chi connectivity index (χ3n) is 4.12. The van der Waals surface area contributed by atoms with E-state index in [2.05, 4.69) is 11.9 Å². The Balaban J connectivity index is 1.83. The van der Waals surface area contributed by atoms with E-state index in [9.17, 15) is 19.2 Å². The number of carbonyl (C=O) groups is 4. The minimum Gasteiger partial charge on any atom is -0.455 e. The molecule has 1 heterocycles. The zero-order valence-electron chi connectivity index (χ0n) is 15.2. The molecule has 2 rings (SSSR count). The van der Waals surface area contributed by atoms with Gasteiger partial charge in [-0.05, 0) is 24.1 Å². The predicted octanol–water partition coefficient (Wildman–Crippen LogP) is 1.16. The van der Waals surface area contributed by atoms with Gasteiger partial charge < -0.3 is 15.0 Å². The van der Waals surface area contributed by atoms with Gasteiger partial charge in [0.15, 0.2) is 6.61 Å². The van der Waals surface area contributed by atoms with E-state index in [0.717, 1.165) is 17.7 Å². The van der Waals surface area contributed by atoms with Gasteiger partial charge in [-0.15, -0.1) is 6.58 Å². The topological polar surface area (TPSA) is 105 Å². The quantitative estimate of drug-likeness (QED) is 0.551. The SMILES string of the molecule is C=CCNC(=O)NC(=O)COC(=O)[C@H]1CC(=O)N(c2ccc(CC)cc2)C1. The van der Waals surface area contributed by atoms with E-state index in [1.807, 2.05) is 36.5 Å². The fraction of sp³-hybridized carbons (Fsp3) is 0.368. The number of nitrogens with one attached hydrogen (secondary N) is 2. The number of hydrogen-bond acceptors (Lipinski definition) is 5. The maximum Gasteiger partial charge on any atom is 0.321 e. The van der Waals surface area contributed by atoms with Crippen molar-refractivity contribution in [1.29, 1.82) is 0 Å². The number of benzene rings is 1. The molecule has 2 N–H and O–H groups in total. The normalized spacial score (nSPS) is 16.0. The Bertz CT molecular complexity index is 729. The van der Waals surface area contributed by atoms with E-state index < -0.39 is 30.4 Å². The van der Waals surface area contributed by atoms with Crippen LogP contribution < -0.4 is 15.5 Å². The minimum atomic E-state index is -0.749. The summed E-state index contributed by atoms with van der Waals surface area (Å²) in [6.07, 6.45) is 2.38. The number of hydrogen-bond donors (Lipinski definition) is 2. The van der Waals surface area contributed by atoms with Gasteiger partial charge in [0.05, 0.1) is 5.92 Å². The van der Waals surface area contributed by atoms with Crippen LogP contribution in [0.2, 0.25) is 0 Å². The molecule has 0 unspecified atom stereocenters. The summed E-state index contributed by atoms with van der Waals surface area (Å²) in [7, 11) is 0. The highest BCUT2D eigenvalue weighted by molar-refractivity contribution is 6.00. The van der Waals surface area contributed by atoms with Gasteiger partial charge in [-0.3, -0.25) is 19.7 Å². The summed E-state index contributed by atoms with van der Waals surface area (Å²) in [6, 6.07) is 6.87. The van der Waals surface area contributed by atoms with Crippen molar-refractivity contribution in [1.82, 2.24) is 10.6 Å². The summed E-state index contributed by atoms with van der Waals surface area (Å²) in [5.41, 5.74) is 1.88. The molecule has 144 valence electrons. The van der Waals surface area contributed by atoms with E-state index in [1.165, 1.54) is 11.0 Å². The highest BCUT2D eigenvalue weighted by Gasteiger charge is 2.36. The second-order valence-corrected chi connectivity index (χ2v) is 6.08. The molecular formula is C19H23N3O5. The Labute approximate surface area is 157 Å². The molecule has 0 spiro atoms. The fourth-order valence-electron chi connectivity index (χ4n) is 2.65. The average Bonchev–Trinajstić information content (AvgIpc) is 3.06. The standard InChI is InChI=1S/C19H23N3O5/c1-3-9-20-19(26)21-16(23)12-27-18(25)14-10-17(24)22(11-14)15-7-5-13(4-2)6-8-15/h3,5-8,14H,1,4,9-12H2,2H3,(H2,20,21,23,26)/t14-/m0/s1. The Hall–Kier alpha value is -3.16. The maximum atomic E-state index is 12.2. The number of amides is 4. The average molecular weight is 373 g/mol. The highest BCUT2D eigenvalue weighted by Crippen LogP contribution is 2.26. The molecule has 0 bridgehead atoms. The molecule has 1 aromatic rings. The van der Waals surface area contributed by atoms with Gasteiger partial charge >= 0.3 is 12.0 Å². The van der Waals surface area contributed by atoms with E-state index in [4.69, 9.17) is 4.74 Å². The molecule has 0 saturated carbocycles. The summed E-state index contributed by atoms with van der Waals surface area (Å²) in [5.74, 6) is -2.21. The predicted molar refractivity (Wildman–Crippen MR) is 99.0 cm³/mol. The van der Waals surface area contributed by atoms with Crippen LogP contribution in [0.25, 0.3) is 0 Å². The van der Waals surface area contributed by atoms with Crippen molar-refractivity contribution in [2.75, 3.05) is 24.6 Å². The molecular weight excluding hydrogens is 350 g/mol. The zero-order valence-corrected chi connectivity index (χ0v) is 15.2. The van der Waals surface area contributed by atoms with Gasteiger partial charge in [-0.25, -0.2) is 4.79 Å². The number of aryl methyl sites for hydroxylation is 1. The number of carbonyl (C=O) groups excluding carboxylic acids is 4. The van der Waals surface area contributed by atoms with Crippen LogP contribution in [0.1, 0.15) is 18.9 Å². The molecule has 0 radical (unpaired) electrons. The Morgan fingerprint density at radius 1 is 1.30 bits per heavy atom. The third-order valence-corrected chi connectivity index (χ3v) is 4.12. The number of esters is 1. The number of rotatable bonds is 7. The van der Waals surface area contributed by atoms with Crippen molar-refractivity contribution in [3.63, 3.8) is 0 Å². The molecule has 27 heavy (non-hydrogen) atoms. The summed E-state index contributed by atoms with van der Waals surface area (Å²) >= 11 is 0. The Morgan fingerprint density at radius 3 is 2.63 bits per heavy atom. The molecule has 0 aliphatic carbocycles. The van der Waals surface area contributed by atoms with E-state index in [1.54, 1.807) is 0 Å². The van der Waals surface area contributed by atoms with Gasteiger partial charge in [0.2, 0.25) is 5.91 Å². The van der Waals surface area contributed by atoms with Crippen LogP contribution in [-0.4, -0.2) is 43.5 Å². The summed E-state index contributed by atoms with van der Waals surface area (Å²) in [6.45, 7) is 5.29. The molecule has 0 aromatic heterocycles. The van der Waals surface area contributed by atoms with Crippen molar-refractivity contribution in [3.8, 4) is 0 Å². The molecule has 1 saturated heterocycles. The van der Waals surface area contributed by atoms with Crippen LogP contribution in [0.4, 0.5) is 10.5 Å². The maximum absolute atomic E-state index is 12.2. The summed E-state index contributed by atoms with van der Waals surface area (Å²) in [5, 5.41) is 4.39. The van der Waals surface area contributed by atoms with Gasteiger partial charge in [0.25, 0.3) is 5.91 Å². The van der Waals surface area contributed by atoms with Crippen molar-refractivity contribution in [2.24, 2.45) is 5.92 Å². The second kappa shape index (κ2) is 9.51. The highest BCUT2D eigenvalue weighted by atomic mass is 16.5. The lowest BCUT2D eigenvalue weighted by atomic mass is 10.1. The number of imide groups is 1. The van der Waals surface area contributed by atoms with Crippen molar-refractivity contribution >= 4 is 29.5 Å². The van der Waals surface area contributed by atoms with E-state index in [0.29, 0.717) is 0 Å². The van der Waals surface area contributed by atoms with Gasteiger partial charge in [0.1, 0.15) is 0 Å². The molecule has 1 atom stereocenters. The smallest absolute Gasteiger partial charge is 0.321 e. The van der Waals surface area contributed by atoms with Gasteiger partial charge in [-0.2, -0.15) is 0 Å². The number of anilines is 1. The van der Waals surface area contributed by atoms with E-state index >= 15 is 0 Å². The molecule has 1 fully saturated rings. The first kappa shape index (κ1) is 20.2. The first-order chi connectivity index (χ1) is 12.9. The zero-order chi connectivity index (χ0) is 19.8. The number of ether oxygens (including phenoxy) is 1. The lowest BCUT2D eigenvalue weighted by Gasteiger charge is -2.17. The molecule has 1 aromatic carbocycles. The van der Waals surface area contributed by atoms with Crippen LogP contribution in [0, 0.1) is 5.92 Å². The Morgan fingerprint density at radius 2 is 2.00 bits per heavy atom. The first-order valence-corrected chi connectivity index (χ1v) is 8.69. The van der Waals surface area contributed by atoms with Crippen molar-refractivity contribution < 1.29 is 23.9 Å². The van der Waals surface area contributed by atoms with Crippen LogP contribution in [0.5, 0.6) is 0 Å². The molecule has 8 nitrogen and oxygen atoms in total. The van der Waals surface area contributed by atoms with Crippen LogP contribution in [-0.2, 0) is 25.5 Å².